The molecule has 0 aromatic heterocycles. The normalized spacial score (nSPS) is 12.0. The standard InChI is InChI=1S/C22H28FN3O5S/c1-5-24-22(28)16(2)25(14-17-9-8-10-18(13-17)31-3)21(27)15-26(32(4,29)30)20-12-7-6-11-19(20)23/h6-13,16H,5,14-15H2,1-4H3,(H,24,28)/t16-/m0/s1. The fourth-order valence-corrected chi connectivity index (χ4v) is 3.97. The van der Waals surface area contributed by atoms with Crippen LogP contribution in [0.15, 0.2) is 48.5 Å². The lowest BCUT2D eigenvalue weighted by molar-refractivity contribution is -0.139. The van der Waals surface area contributed by atoms with Crippen molar-refractivity contribution in [1.29, 1.82) is 0 Å². The Balaban J connectivity index is 2.40. The maximum Gasteiger partial charge on any atom is 0.244 e. The zero-order chi connectivity index (χ0) is 23.9. The number of hydrogen-bond donors (Lipinski definition) is 1. The van der Waals surface area contributed by atoms with Crippen LogP contribution in [0.4, 0.5) is 10.1 Å². The zero-order valence-corrected chi connectivity index (χ0v) is 19.4. The third kappa shape index (κ3) is 6.43. The summed E-state index contributed by atoms with van der Waals surface area (Å²) in [5.41, 5.74) is 0.445. The number of likely N-dealkylation sites (N-methyl/N-ethyl adjacent to an activating group) is 1. The molecule has 2 aromatic rings. The monoisotopic (exact) mass is 465 g/mol. The van der Waals surface area contributed by atoms with Gasteiger partial charge in [-0.1, -0.05) is 24.3 Å². The number of amides is 2. The molecule has 0 heterocycles. The van der Waals surface area contributed by atoms with Crippen LogP contribution in [-0.2, 0) is 26.2 Å². The van der Waals surface area contributed by atoms with Gasteiger partial charge in [0.05, 0.1) is 19.1 Å². The van der Waals surface area contributed by atoms with Gasteiger partial charge in [0, 0.05) is 13.1 Å². The largest absolute Gasteiger partial charge is 0.497 e. The molecule has 174 valence electrons. The molecule has 0 spiro atoms. The smallest absolute Gasteiger partial charge is 0.244 e. The first-order valence-electron chi connectivity index (χ1n) is 10.0. The fraction of sp³-hybridized carbons (Fsp3) is 0.364. The Morgan fingerprint density at radius 1 is 1.16 bits per heavy atom. The maximum atomic E-state index is 14.3. The summed E-state index contributed by atoms with van der Waals surface area (Å²) >= 11 is 0. The highest BCUT2D eigenvalue weighted by molar-refractivity contribution is 7.92. The number of benzene rings is 2. The number of anilines is 1. The lowest BCUT2D eigenvalue weighted by Crippen LogP contribution is -2.51. The van der Waals surface area contributed by atoms with Gasteiger partial charge in [-0.15, -0.1) is 0 Å². The Labute approximate surface area is 188 Å². The summed E-state index contributed by atoms with van der Waals surface area (Å²) in [5, 5.41) is 2.66. The molecule has 8 nitrogen and oxygen atoms in total. The van der Waals surface area contributed by atoms with Crippen LogP contribution in [0.2, 0.25) is 0 Å². The van der Waals surface area contributed by atoms with E-state index >= 15 is 0 Å². The summed E-state index contributed by atoms with van der Waals surface area (Å²) in [7, 11) is -2.47. The first-order valence-corrected chi connectivity index (χ1v) is 11.9. The number of ether oxygens (including phenoxy) is 1. The molecule has 0 radical (unpaired) electrons. The minimum Gasteiger partial charge on any atom is -0.497 e. The molecule has 0 bridgehead atoms. The Bertz CT molecular complexity index is 1060. The van der Waals surface area contributed by atoms with E-state index in [0.29, 0.717) is 22.2 Å². The van der Waals surface area contributed by atoms with Crippen LogP contribution in [-0.4, -0.2) is 57.6 Å². The molecule has 0 saturated carbocycles. The third-order valence-electron chi connectivity index (χ3n) is 4.81. The van der Waals surface area contributed by atoms with Crippen molar-refractivity contribution in [2.45, 2.75) is 26.4 Å². The summed E-state index contributed by atoms with van der Waals surface area (Å²) in [5.74, 6) is -1.24. The van der Waals surface area contributed by atoms with Crippen molar-refractivity contribution < 1.29 is 27.1 Å². The molecular formula is C22H28FN3O5S. The lowest BCUT2D eigenvalue weighted by atomic mass is 10.1. The summed E-state index contributed by atoms with van der Waals surface area (Å²) in [6.45, 7) is 3.05. The number of nitrogens with zero attached hydrogens (tertiary/aromatic N) is 2. The van der Waals surface area contributed by atoms with Crippen molar-refractivity contribution >= 4 is 27.5 Å². The molecule has 0 aliphatic heterocycles. The van der Waals surface area contributed by atoms with Gasteiger partial charge in [0.2, 0.25) is 21.8 Å². The number of hydrogen-bond acceptors (Lipinski definition) is 5. The maximum absolute atomic E-state index is 14.3. The molecule has 0 aliphatic rings. The highest BCUT2D eigenvalue weighted by atomic mass is 32.2. The topological polar surface area (TPSA) is 96.0 Å². The second kappa shape index (κ2) is 10.9. The van der Waals surface area contributed by atoms with Crippen molar-refractivity contribution in [3.05, 3.63) is 59.9 Å². The van der Waals surface area contributed by atoms with Gasteiger partial charge in [0.15, 0.2) is 0 Å². The number of rotatable bonds is 10. The van der Waals surface area contributed by atoms with Gasteiger partial charge in [-0.25, -0.2) is 12.8 Å². The fourth-order valence-electron chi connectivity index (χ4n) is 3.12. The summed E-state index contributed by atoms with van der Waals surface area (Å²) in [6.07, 6.45) is 0.895. The number of carbonyl (C=O) groups is 2. The molecule has 2 amide bonds. The van der Waals surface area contributed by atoms with Gasteiger partial charge in [0.25, 0.3) is 0 Å². The second-order valence-corrected chi connectivity index (χ2v) is 9.07. The molecule has 2 aromatic carbocycles. The average molecular weight is 466 g/mol. The van der Waals surface area contributed by atoms with E-state index in [1.807, 2.05) is 0 Å². The molecule has 10 heteroatoms. The molecule has 0 aliphatic carbocycles. The lowest BCUT2D eigenvalue weighted by Gasteiger charge is -2.31. The Hall–Kier alpha value is -3.14. The number of sulfonamides is 1. The number of carbonyl (C=O) groups excluding carboxylic acids is 2. The van der Waals surface area contributed by atoms with E-state index in [2.05, 4.69) is 5.32 Å². The van der Waals surface area contributed by atoms with Gasteiger partial charge in [-0.3, -0.25) is 13.9 Å². The molecule has 1 atom stereocenters. The van der Waals surface area contributed by atoms with Gasteiger partial charge >= 0.3 is 0 Å². The number of methoxy groups -OCH3 is 1. The van der Waals surface area contributed by atoms with Crippen LogP contribution in [0.3, 0.4) is 0 Å². The molecular weight excluding hydrogens is 437 g/mol. The summed E-state index contributed by atoms with van der Waals surface area (Å²) in [4.78, 5) is 27.0. The third-order valence-corrected chi connectivity index (χ3v) is 5.93. The van der Waals surface area contributed by atoms with E-state index in [1.54, 1.807) is 38.1 Å². The molecule has 0 saturated heterocycles. The van der Waals surface area contributed by atoms with Crippen molar-refractivity contribution in [2.24, 2.45) is 0 Å². The minimum atomic E-state index is -3.98. The molecule has 1 N–H and O–H groups in total. The van der Waals surface area contributed by atoms with Crippen LogP contribution >= 0.6 is 0 Å². The minimum absolute atomic E-state index is 0.0310. The van der Waals surface area contributed by atoms with E-state index in [4.69, 9.17) is 4.74 Å². The van der Waals surface area contributed by atoms with E-state index in [0.717, 1.165) is 12.3 Å². The van der Waals surface area contributed by atoms with Crippen LogP contribution < -0.4 is 14.4 Å². The van der Waals surface area contributed by atoms with E-state index in [9.17, 15) is 22.4 Å². The van der Waals surface area contributed by atoms with Crippen LogP contribution in [0.1, 0.15) is 19.4 Å². The molecule has 2 rings (SSSR count). The average Bonchev–Trinajstić information content (AvgIpc) is 2.75. The van der Waals surface area contributed by atoms with E-state index < -0.39 is 34.3 Å². The van der Waals surface area contributed by atoms with E-state index in [1.165, 1.54) is 30.2 Å². The Morgan fingerprint density at radius 3 is 2.44 bits per heavy atom. The van der Waals surface area contributed by atoms with Crippen molar-refractivity contribution in [2.75, 3.05) is 30.8 Å². The zero-order valence-electron chi connectivity index (χ0n) is 18.5. The summed E-state index contributed by atoms with van der Waals surface area (Å²) < 4.78 is 45.0. The van der Waals surface area contributed by atoms with Crippen LogP contribution in [0, 0.1) is 5.82 Å². The Kier molecular flexibility index (Phi) is 8.59. The highest BCUT2D eigenvalue weighted by Gasteiger charge is 2.30. The van der Waals surface area contributed by atoms with Crippen LogP contribution in [0.25, 0.3) is 0 Å². The number of para-hydroxylation sites is 1. The molecule has 32 heavy (non-hydrogen) atoms. The second-order valence-electron chi connectivity index (χ2n) is 7.16. The quantitative estimate of drug-likeness (QED) is 0.580. The molecule has 0 unspecified atom stereocenters. The Morgan fingerprint density at radius 2 is 1.84 bits per heavy atom. The van der Waals surface area contributed by atoms with Gasteiger partial charge < -0.3 is 15.0 Å². The van der Waals surface area contributed by atoms with Crippen molar-refractivity contribution in [3.8, 4) is 5.75 Å². The molecule has 0 fully saturated rings. The predicted octanol–water partition coefficient (Wildman–Crippen LogP) is 2.15. The first kappa shape index (κ1) is 25.1. The van der Waals surface area contributed by atoms with Gasteiger partial charge in [-0.2, -0.15) is 0 Å². The first-order chi connectivity index (χ1) is 15.1. The number of halogens is 1. The van der Waals surface area contributed by atoms with Crippen LogP contribution in [0.5, 0.6) is 5.75 Å². The summed E-state index contributed by atoms with van der Waals surface area (Å²) in [6, 6.07) is 11.4. The van der Waals surface area contributed by atoms with Gasteiger partial charge in [0.1, 0.15) is 24.2 Å². The SMILES string of the molecule is CCNC(=O)[C@H](C)N(Cc1cccc(OC)c1)C(=O)CN(c1ccccc1F)S(C)(=O)=O. The van der Waals surface area contributed by atoms with Crippen molar-refractivity contribution in [1.82, 2.24) is 10.2 Å². The van der Waals surface area contributed by atoms with E-state index in [-0.39, 0.29) is 18.1 Å². The van der Waals surface area contributed by atoms with Gasteiger partial charge in [-0.05, 0) is 43.7 Å². The van der Waals surface area contributed by atoms with Crippen molar-refractivity contribution in [3.63, 3.8) is 0 Å². The predicted molar refractivity (Wildman–Crippen MR) is 120 cm³/mol. The number of nitrogens with one attached hydrogen (secondary N) is 1. The highest BCUT2D eigenvalue weighted by Crippen LogP contribution is 2.22.